The zero-order valence-electron chi connectivity index (χ0n) is 14.5. The number of nitrogens with zero attached hydrogens (tertiary/aromatic N) is 3. The maximum Gasteiger partial charge on any atom is 0.203 e. The van der Waals surface area contributed by atoms with Crippen molar-refractivity contribution in [2.24, 2.45) is 0 Å². The summed E-state index contributed by atoms with van der Waals surface area (Å²) in [5, 5.41) is 14.7. The highest BCUT2D eigenvalue weighted by Crippen LogP contribution is 2.28. The monoisotopic (exact) mass is 361 g/mol. The van der Waals surface area contributed by atoms with Crippen LogP contribution in [0.2, 0.25) is 0 Å². The van der Waals surface area contributed by atoms with Crippen LogP contribution in [0.1, 0.15) is 12.8 Å². The van der Waals surface area contributed by atoms with E-state index < -0.39 is 0 Å². The maximum atomic E-state index is 9.91. The average Bonchev–Trinajstić information content (AvgIpc) is 2.91. The largest absolute Gasteiger partial charge is 0.496 e. The molecular formula is C18H25N4O2S+. The number of piperidine rings is 1. The van der Waals surface area contributed by atoms with Gasteiger partial charge in [0.2, 0.25) is 4.77 Å². The third-order valence-corrected chi connectivity index (χ3v) is 4.98. The smallest absolute Gasteiger partial charge is 0.203 e. The van der Waals surface area contributed by atoms with Crippen molar-refractivity contribution in [2.75, 3.05) is 20.2 Å². The summed E-state index contributed by atoms with van der Waals surface area (Å²) in [4.78, 5) is 1.30. The lowest BCUT2D eigenvalue weighted by Gasteiger charge is -2.26. The number of methoxy groups -OCH3 is 1. The normalized spacial score (nSPS) is 20.4. The predicted molar refractivity (Wildman–Crippen MR) is 99.2 cm³/mol. The number of hydrogen-bond acceptors (Lipinski definition) is 4. The minimum Gasteiger partial charge on any atom is -0.496 e. The number of likely N-dealkylation sites (tertiary alicyclic amines) is 1. The molecule has 1 aliphatic rings. The zero-order chi connectivity index (χ0) is 17.8. The molecule has 1 aromatic carbocycles. The molecule has 6 nitrogen and oxygen atoms in total. The summed E-state index contributed by atoms with van der Waals surface area (Å²) in [6.07, 6.45) is 3.49. The van der Waals surface area contributed by atoms with Crippen molar-refractivity contribution in [3.8, 4) is 17.1 Å². The van der Waals surface area contributed by atoms with Gasteiger partial charge in [-0.3, -0.25) is 4.57 Å². The molecule has 25 heavy (non-hydrogen) atoms. The van der Waals surface area contributed by atoms with Gasteiger partial charge in [-0.25, -0.2) is 0 Å². The van der Waals surface area contributed by atoms with Gasteiger partial charge in [0.1, 0.15) is 18.4 Å². The Labute approximate surface area is 153 Å². The van der Waals surface area contributed by atoms with Crippen LogP contribution < -0.4 is 9.64 Å². The minimum absolute atomic E-state index is 0.234. The SMILES string of the molecule is C=CCn1c(-c2ccccc2OC)nn(C[NH+]2CCC[C@H](O)C2)c1=S. The topological polar surface area (TPSA) is 56.7 Å². The number of ether oxygens (including phenoxy) is 1. The average molecular weight is 361 g/mol. The molecule has 2 atom stereocenters. The fourth-order valence-corrected chi connectivity index (χ4v) is 3.61. The van der Waals surface area contributed by atoms with Crippen molar-refractivity contribution in [3.05, 3.63) is 41.7 Å². The second-order valence-corrected chi connectivity index (χ2v) is 6.73. The van der Waals surface area contributed by atoms with E-state index in [1.54, 1.807) is 7.11 Å². The summed E-state index contributed by atoms with van der Waals surface area (Å²) in [7, 11) is 1.65. The fourth-order valence-electron chi connectivity index (χ4n) is 3.35. The molecule has 0 amide bonds. The van der Waals surface area contributed by atoms with Gasteiger partial charge in [-0.05, 0) is 37.2 Å². The second-order valence-electron chi connectivity index (χ2n) is 6.36. The number of allylic oxidation sites excluding steroid dienone is 1. The first-order valence-corrected chi connectivity index (χ1v) is 8.98. The molecule has 1 aliphatic heterocycles. The zero-order valence-corrected chi connectivity index (χ0v) is 15.3. The Balaban J connectivity index is 1.98. The third-order valence-electron chi connectivity index (χ3n) is 4.55. The first kappa shape index (κ1) is 17.8. The minimum atomic E-state index is -0.234. The first-order valence-electron chi connectivity index (χ1n) is 8.57. The molecule has 1 saturated heterocycles. The Morgan fingerprint density at radius 3 is 3.00 bits per heavy atom. The Bertz CT molecular complexity index is 799. The molecule has 3 rings (SSSR count). The van der Waals surface area contributed by atoms with E-state index in [2.05, 4.69) is 6.58 Å². The van der Waals surface area contributed by atoms with Crippen molar-refractivity contribution in [2.45, 2.75) is 32.2 Å². The van der Waals surface area contributed by atoms with Gasteiger partial charge in [-0.2, -0.15) is 4.68 Å². The molecule has 134 valence electrons. The van der Waals surface area contributed by atoms with Gasteiger partial charge in [0.25, 0.3) is 0 Å². The summed E-state index contributed by atoms with van der Waals surface area (Å²) in [6, 6.07) is 7.80. The molecule has 1 unspecified atom stereocenters. The molecule has 1 aromatic heterocycles. The Morgan fingerprint density at radius 2 is 2.28 bits per heavy atom. The van der Waals surface area contributed by atoms with Crippen LogP contribution >= 0.6 is 12.2 Å². The van der Waals surface area contributed by atoms with Crippen molar-refractivity contribution < 1.29 is 14.7 Å². The van der Waals surface area contributed by atoms with Crippen LogP contribution in [0.3, 0.4) is 0 Å². The highest BCUT2D eigenvalue weighted by atomic mass is 32.1. The van der Waals surface area contributed by atoms with Gasteiger partial charge < -0.3 is 14.7 Å². The molecular weight excluding hydrogens is 336 g/mol. The summed E-state index contributed by atoms with van der Waals surface area (Å²) in [5.74, 6) is 1.54. The molecule has 7 heteroatoms. The van der Waals surface area contributed by atoms with Crippen LogP contribution in [-0.2, 0) is 13.2 Å². The fraction of sp³-hybridized carbons (Fsp3) is 0.444. The van der Waals surface area contributed by atoms with E-state index in [9.17, 15) is 5.11 Å². The van der Waals surface area contributed by atoms with E-state index in [-0.39, 0.29) is 6.10 Å². The van der Waals surface area contributed by atoms with E-state index >= 15 is 0 Å². The number of rotatable bonds is 6. The molecule has 0 aliphatic carbocycles. The van der Waals surface area contributed by atoms with Crippen molar-refractivity contribution in [3.63, 3.8) is 0 Å². The molecule has 0 bridgehead atoms. The van der Waals surface area contributed by atoms with Gasteiger partial charge in [-0.1, -0.05) is 18.2 Å². The lowest BCUT2D eigenvalue weighted by molar-refractivity contribution is -0.931. The lowest BCUT2D eigenvalue weighted by atomic mass is 10.1. The summed E-state index contributed by atoms with van der Waals surface area (Å²) < 4.78 is 9.97. The van der Waals surface area contributed by atoms with E-state index in [4.69, 9.17) is 22.1 Å². The van der Waals surface area contributed by atoms with Crippen LogP contribution in [0.5, 0.6) is 5.75 Å². The first-order chi connectivity index (χ1) is 12.1. The Morgan fingerprint density at radius 1 is 1.48 bits per heavy atom. The van der Waals surface area contributed by atoms with E-state index in [1.165, 1.54) is 4.90 Å². The highest BCUT2D eigenvalue weighted by Gasteiger charge is 2.23. The molecule has 0 spiro atoms. The van der Waals surface area contributed by atoms with E-state index in [0.717, 1.165) is 43.1 Å². The highest BCUT2D eigenvalue weighted by molar-refractivity contribution is 7.71. The van der Waals surface area contributed by atoms with Crippen molar-refractivity contribution >= 4 is 12.2 Å². The number of hydrogen-bond donors (Lipinski definition) is 2. The Kier molecular flexibility index (Phi) is 5.67. The van der Waals surface area contributed by atoms with Crippen molar-refractivity contribution in [1.82, 2.24) is 14.3 Å². The summed E-state index contributed by atoms with van der Waals surface area (Å²) >= 11 is 5.65. The van der Waals surface area contributed by atoms with Gasteiger partial charge in [0, 0.05) is 6.54 Å². The lowest BCUT2D eigenvalue weighted by Crippen LogP contribution is -3.13. The van der Waals surface area contributed by atoms with Gasteiger partial charge in [0.05, 0.1) is 19.2 Å². The van der Waals surface area contributed by atoms with E-state index in [1.807, 2.05) is 39.6 Å². The Hall–Kier alpha value is -1.96. The standard InChI is InChI=1S/C18H24N4O2S/c1-3-10-21-17(15-8-4-5-9-16(15)24-2)19-22(18(21)25)13-20-11-6-7-14(23)12-20/h3-5,8-9,14,23H,1,6-7,10-13H2,2H3/p+1/t14-/m0/s1. The van der Waals surface area contributed by atoms with Crippen molar-refractivity contribution in [1.29, 1.82) is 0 Å². The molecule has 2 heterocycles. The number of nitrogens with one attached hydrogen (secondary N) is 1. The van der Waals surface area contributed by atoms with Crippen LogP contribution in [0.25, 0.3) is 11.4 Å². The molecule has 0 saturated carbocycles. The summed E-state index contributed by atoms with van der Waals surface area (Å²) in [5.41, 5.74) is 0.908. The maximum absolute atomic E-state index is 9.91. The number of aliphatic hydroxyl groups is 1. The van der Waals surface area contributed by atoms with Crippen LogP contribution in [-0.4, -0.2) is 45.8 Å². The second kappa shape index (κ2) is 7.95. The van der Waals surface area contributed by atoms with Crippen LogP contribution in [0.4, 0.5) is 0 Å². The quantitative estimate of drug-likeness (QED) is 0.601. The molecule has 2 aromatic rings. The predicted octanol–water partition coefficient (Wildman–Crippen LogP) is 1.27. The summed E-state index contributed by atoms with van der Waals surface area (Å²) in [6.45, 7) is 6.84. The molecule has 2 N–H and O–H groups in total. The van der Waals surface area contributed by atoms with Crippen LogP contribution in [0.15, 0.2) is 36.9 Å². The third kappa shape index (κ3) is 3.84. The number of para-hydroxylation sites is 1. The van der Waals surface area contributed by atoms with Gasteiger partial charge >= 0.3 is 0 Å². The number of quaternary nitrogens is 1. The van der Waals surface area contributed by atoms with Gasteiger partial charge in [0.15, 0.2) is 12.5 Å². The van der Waals surface area contributed by atoms with Crippen LogP contribution in [0, 0.1) is 4.77 Å². The number of aromatic nitrogens is 3. The number of benzene rings is 1. The molecule has 0 radical (unpaired) electrons. The molecule has 1 fully saturated rings. The van der Waals surface area contributed by atoms with E-state index in [0.29, 0.717) is 18.0 Å². The number of aliphatic hydroxyl groups excluding tert-OH is 1. The van der Waals surface area contributed by atoms with Gasteiger partial charge in [-0.15, -0.1) is 11.7 Å².